The molecule has 1 aromatic carbocycles. The van der Waals surface area contributed by atoms with Gasteiger partial charge < -0.3 is 19.9 Å². The van der Waals surface area contributed by atoms with Crippen LogP contribution < -0.4 is 10.1 Å². The number of hydrogen-bond acceptors (Lipinski definition) is 4. The molecular weight excluding hydrogens is 404 g/mol. The van der Waals surface area contributed by atoms with E-state index in [0.717, 1.165) is 32.4 Å². The number of carbonyl (C=O) groups excluding carboxylic acids is 2. The molecule has 29 heavy (non-hydrogen) atoms. The lowest BCUT2D eigenvalue weighted by Crippen LogP contribution is -2.50. The van der Waals surface area contributed by atoms with Crippen molar-refractivity contribution in [2.45, 2.75) is 38.3 Å². The number of nitrogens with zero attached hydrogens (tertiary/aromatic N) is 2. The second kappa shape index (κ2) is 10.7. The molecule has 2 heterocycles. The molecule has 0 aromatic heterocycles. The molecule has 6 nitrogen and oxygen atoms in total. The lowest BCUT2D eigenvalue weighted by molar-refractivity contribution is -0.138. The fourth-order valence-electron chi connectivity index (χ4n) is 4.02. The Morgan fingerprint density at radius 1 is 1.10 bits per heavy atom. The second-order valence-electron chi connectivity index (χ2n) is 7.35. The van der Waals surface area contributed by atoms with E-state index in [1.165, 1.54) is 12.1 Å². The number of para-hydroxylation sites is 1. The highest BCUT2D eigenvalue weighted by Crippen LogP contribution is 2.26. The first kappa shape index (κ1) is 23.3. The third-order valence-electron chi connectivity index (χ3n) is 5.61. The number of halogens is 3. The number of ether oxygens (including phenoxy) is 1. The van der Waals surface area contributed by atoms with Crippen molar-refractivity contribution in [1.29, 1.82) is 0 Å². The van der Waals surface area contributed by atoms with Crippen LogP contribution in [-0.4, -0.2) is 67.5 Å². The van der Waals surface area contributed by atoms with Crippen molar-refractivity contribution in [3.8, 4) is 5.75 Å². The Kier molecular flexibility index (Phi) is 8.64. The lowest BCUT2D eigenvalue weighted by atomic mass is 9.94. The third kappa shape index (κ3) is 5.79. The van der Waals surface area contributed by atoms with Crippen LogP contribution in [0.3, 0.4) is 0 Å². The van der Waals surface area contributed by atoms with Gasteiger partial charge in [-0.3, -0.25) is 9.59 Å². The molecule has 0 radical (unpaired) electrons. The highest BCUT2D eigenvalue weighted by Gasteiger charge is 2.33. The normalized spacial score (nSPS) is 20.3. The van der Waals surface area contributed by atoms with Gasteiger partial charge >= 0.3 is 6.61 Å². The summed E-state index contributed by atoms with van der Waals surface area (Å²) in [7, 11) is 1.93. The molecule has 2 amide bonds. The largest absolute Gasteiger partial charge is 0.434 e. The second-order valence-corrected chi connectivity index (χ2v) is 7.35. The Morgan fingerprint density at radius 2 is 1.79 bits per heavy atom. The Balaban J connectivity index is 0.00000300. The van der Waals surface area contributed by atoms with E-state index >= 15 is 0 Å². The molecule has 2 fully saturated rings. The summed E-state index contributed by atoms with van der Waals surface area (Å²) in [6.45, 7) is -0.732. The van der Waals surface area contributed by atoms with Gasteiger partial charge in [0, 0.05) is 32.2 Å². The number of amides is 2. The van der Waals surface area contributed by atoms with Crippen LogP contribution in [0.4, 0.5) is 8.78 Å². The quantitative estimate of drug-likeness (QED) is 0.778. The summed E-state index contributed by atoms with van der Waals surface area (Å²) >= 11 is 0. The predicted octanol–water partition coefficient (Wildman–Crippen LogP) is 2.77. The molecule has 2 aliphatic rings. The topological polar surface area (TPSA) is 61.9 Å². The van der Waals surface area contributed by atoms with Crippen LogP contribution in [-0.2, 0) is 4.79 Å². The Bertz CT molecular complexity index is 699. The van der Waals surface area contributed by atoms with Crippen LogP contribution in [0.2, 0.25) is 0 Å². The van der Waals surface area contributed by atoms with Gasteiger partial charge in [0.15, 0.2) is 0 Å². The van der Waals surface area contributed by atoms with Crippen LogP contribution in [0, 0.1) is 5.92 Å². The van der Waals surface area contributed by atoms with Crippen molar-refractivity contribution in [1.82, 2.24) is 15.1 Å². The number of alkyl halides is 2. The van der Waals surface area contributed by atoms with E-state index in [2.05, 4.69) is 10.1 Å². The molecule has 2 aliphatic heterocycles. The highest BCUT2D eigenvalue weighted by molar-refractivity contribution is 5.97. The van der Waals surface area contributed by atoms with E-state index in [0.29, 0.717) is 25.6 Å². The molecule has 9 heteroatoms. The number of rotatable bonds is 5. The van der Waals surface area contributed by atoms with Crippen molar-refractivity contribution < 1.29 is 23.1 Å². The predicted molar refractivity (Wildman–Crippen MR) is 108 cm³/mol. The summed E-state index contributed by atoms with van der Waals surface area (Å²) in [5.41, 5.74) is 0.103. The standard InChI is InChI=1S/C20H27F2N3O3.ClH/c1-23-15-8-11-24(12-9-15)18(26)14-5-4-10-25(13-14)19(27)16-6-2-3-7-17(16)28-20(21)22;/h2-3,6-7,14-15,20,23H,4-5,8-13H2,1H3;1H. The van der Waals surface area contributed by atoms with E-state index in [-0.39, 0.29) is 41.5 Å². The Morgan fingerprint density at radius 3 is 2.45 bits per heavy atom. The van der Waals surface area contributed by atoms with Crippen LogP contribution in [0.25, 0.3) is 0 Å². The van der Waals surface area contributed by atoms with Crippen molar-refractivity contribution in [2.75, 3.05) is 33.2 Å². The van der Waals surface area contributed by atoms with E-state index < -0.39 is 6.61 Å². The van der Waals surface area contributed by atoms with Gasteiger partial charge in [-0.2, -0.15) is 8.78 Å². The van der Waals surface area contributed by atoms with Gasteiger partial charge in [-0.05, 0) is 44.9 Å². The van der Waals surface area contributed by atoms with Crippen molar-refractivity contribution in [3.05, 3.63) is 29.8 Å². The summed E-state index contributed by atoms with van der Waals surface area (Å²) < 4.78 is 29.7. The number of carbonyl (C=O) groups is 2. The minimum Gasteiger partial charge on any atom is -0.434 e. The summed E-state index contributed by atoms with van der Waals surface area (Å²) in [4.78, 5) is 29.3. The molecule has 0 spiro atoms. The van der Waals surface area contributed by atoms with Crippen molar-refractivity contribution >= 4 is 24.2 Å². The van der Waals surface area contributed by atoms with Crippen LogP contribution >= 0.6 is 12.4 Å². The van der Waals surface area contributed by atoms with Gasteiger partial charge in [0.1, 0.15) is 5.75 Å². The van der Waals surface area contributed by atoms with E-state index in [9.17, 15) is 18.4 Å². The zero-order valence-corrected chi connectivity index (χ0v) is 17.3. The summed E-state index contributed by atoms with van der Waals surface area (Å²) in [5, 5.41) is 3.25. The Hall–Kier alpha value is -1.93. The van der Waals surface area contributed by atoms with E-state index in [4.69, 9.17) is 0 Å². The van der Waals surface area contributed by atoms with Gasteiger partial charge in [-0.15, -0.1) is 12.4 Å². The first-order valence-corrected chi connectivity index (χ1v) is 9.78. The van der Waals surface area contributed by atoms with Gasteiger partial charge in [0.2, 0.25) is 5.91 Å². The van der Waals surface area contributed by atoms with E-state index in [1.54, 1.807) is 17.0 Å². The first-order valence-electron chi connectivity index (χ1n) is 9.78. The highest BCUT2D eigenvalue weighted by atomic mass is 35.5. The summed E-state index contributed by atoms with van der Waals surface area (Å²) in [5.74, 6) is -0.663. The van der Waals surface area contributed by atoms with Crippen molar-refractivity contribution in [2.24, 2.45) is 5.92 Å². The van der Waals surface area contributed by atoms with Gasteiger partial charge in [0.25, 0.3) is 5.91 Å². The molecule has 0 bridgehead atoms. The number of benzene rings is 1. The maximum Gasteiger partial charge on any atom is 0.387 e. The maximum absolute atomic E-state index is 12.9. The third-order valence-corrected chi connectivity index (χ3v) is 5.61. The number of nitrogens with one attached hydrogen (secondary N) is 1. The minimum atomic E-state index is -3.00. The number of hydrogen-bond donors (Lipinski definition) is 1. The first-order chi connectivity index (χ1) is 13.5. The number of piperidine rings is 2. The molecular formula is C20H28ClF2N3O3. The molecule has 162 valence electrons. The fraction of sp³-hybridized carbons (Fsp3) is 0.600. The molecule has 0 aliphatic carbocycles. The zero-order valence-electron chi connectivity index (χ0n) is 16.5. The molecule has 1 aromatic rings. The average molecular weight is 432 g/mol. The fourth-order valence-corrected chi connectivity index (χ4v) is 4.02. The van der Waals surface area contributed by atoms with Crippen LogP contribution in [0.1, 0.15) is 36.0 Å². The molecule has 1 atom stereocenters. The minimum absolute atomic E-state index is 0. The lowest BCUT2D eigenvalue weighted by Gasteiger charge is -2.38. The SMILES string of the molecule is CNC1CCN(C(=O)C2CCCN(C(=O)c3ccccc3OC(F)F)C2)CC1.Cl. The van der Waals surface area contributed by atoms with Crippen LogP contribution in [0.5, 0.6) is 5.75 Å². The number of likely N-dealkylation sites (tertiary alicyclic amines) is 2. The summed E-state index contributed by atoms with van der Waals surface area (Å²) in [6.07, 6.45) is 3.31. The van der Waals surface area contributed by atoms with Gasteiger partial charge in [-0.1, -0.05) is 12.1 Å². The maximum atomic E-state index is 12.9. The molecule has 1 unspecified atom stereocenters. The molecule has 1 N–H and O–H groups in total. The smallest absolute Gasteiger partial charge is 0.387 e. The van der Waals surface area contributed by atoms with Gasteiger partial charge in [0.05, 0.1) is 11.5 Å². The molecule has 0 saturated carbocycles. The zero-order chi connectivity index (χ0) is 20.1. The van der Waals surface area contributed by atoms with Gasteiger partial charge in [-0.25, -0.2) is 0 Å². The van der Waals surface area contributed by atoms with Crippen molar-refractivity contribution in [3.63, 3.8) is 0 Å². The Labute approximate surface area is 176 Å². The monoisotopic (exact) mass is 431 g/mol. The molecule has 2 saturated heterocycles. The average Bonchev–Trinajstić information content (AvgIpc) is 2.73. The summed E-state index contributed by atoms with van der Waals surface area (Å²) in [6, 6.07) is 6.45. The van der Waals surface area contributed by atoms with Crippen LogP contribution in [0.15, 0.2) is 24.3 Å². The molecule has 3 rings (SSSR count). The van der Waals surface area contributed by atoms with E-state index in [1.807, 2.05) is 11.9 Å².